The van der Waals surface area contributed by atoms with E-state index in [1.165, 1.54) is 238 Å². The molecule has 0 rings (SSSR count). The Morgan fingerprint density at radius 2 is 0.500 bits per heavy atom. The van der Waals surface area contributed by atoms with E-state index in [2.05, 4.69) is 32.9 Å². The van der Waals surface area contributed by atoms with E-state index in [9.17, 15) is 14.4 Å². The average molecular weight is 932 g/mol. The Hall–Kier alpha value is -1.85. The lowest BCUT2D eigenvalue weighted by atomic mass is 10.0. The summed E-state index contributed by atoms with van der Waals surface area (Å²) in [5.41, 5.74) is 0. The lowest BCUT2D eigenvalue weighted by molar-refractivity contribution is -0.167. The molecule has 6 nitrogen and oxygen atoms in total. The molecular weight excluding hydrogens is 817 g/mol. The second kappa shape index (κ2) is 55.7. The van der Waals surface area contributed by atoms with Crippen molar-refractivity contribution < 1.29 is 28.6 Å². The molecule has 390 valence electrons. The van der Waals surface area contributed by atoms with Crippen molar-refractivity contribution in [1.82, 2.24) is 0 Å². The Kier molecular flexibility index (Phi) is 54.2. The minimum atomic E-state index is -0.765. The van der Waals surface area contributed by atoms with Gasteiger partial charge in [-0.1, -0.05) is 283 Å². The number of unbranched alkanes of at least 4 members (excludes halogenated alkanes) is 42. The van der Waals surface area contributed by atoms with Crippen LogP contribution in [0.15, 0.2) is 12.2 Å². The van der Waals surface area contributed by atoms with Gasteiger partial charge in [-0.25, -0.2) is 0 Å². The Morgan fingerprint density at radius 1 is 0.288 bits per heavy atom. The fourth-order valence-corrected chi connectivity index (χ4v) is 9.03. The van der Waals surface area contributed by atoms with E-state index in [1.807, 2.05) is 0 Å². The highest BCUT2D eigenvalue weighted by atomic mass is 16.6. The van der Waals surface area contributed by atoms with Crippen molar-refractivity contribution in [3.05, 3.63) is 12.2 Å². The maximum atomic E-state index is 12.8. The first kappa shape index (κ1) is 64.2. The molecule has 0 aliphatic carbocycles. The van der Waals surface area contributed by atoms with Crippen LogP contribution in [-0.4, -0.2) is 37.2 Å². The predicted octanol–water partition coefficient (Wildman–Crippen LogP) is 19.7. The summed E-state index contributed by atoms with van der Waals surface area (Å²) in [6, 6.07) is 0. The molecule has 0 bridgehead atoms. The third kappa shape index (κ3) is 53.1. The normalized spacial score (nSPS) is 12.0. The SMILES string of the molecule is CCCCCC/C=C\CCCCCCCCCC(=O)OC[C@H](COC(=O)CCCCCCCCCCCCCCCCCCCCCCC)OC(=O)CCCCCCCCCCCCCC. The molecule has 0 saturated heterocycles. The zero-order chi connectivity index (χ0) is 47.9. The summed E-state index contributed by atoms with van der Waals surface area (Å²) in [6.45, 7) is 6.68. The number of hydrogen-bond acceptors (Lipinski definition) is 6. The lowest BCUT2D eigenvalue weighted by Crippen LogP contribution is -2.30. The summed E-state index contributed by atoms with van der Waals surface area (Å²) < 4.78 is 16.9. The molecule has 0 radical (unpaired) electrons. The van der Waals surface area contributed by atoms with Crippen molar-refractivity contribution in [2.45, 2.75) is 341 Å². The zero-order valence-electron chi connectivity index (χ0n) is 44.7. The van der Waals surface area contributed by atoms with Gasteiger partial charge in [-0.3, -0.25) is 14.4 Å². The van der Waals surface area contributed by atoms with Gasteiger partial charge in [0.25, 0.3) is 0 Å². The van der Waals surface area contributed by atoms with Crippen LogP contribution in [0.25, 0.3) is 0 Å². The van der Waals surface area contributed by atoms with Gasteiger partial charge < -0.3 is 14.2 Å². The van der Waals surface area contributed by atoms with E-state index in [1.54, 1.807) is 0 Å². The van der Waals surface area contributed by atoms with E-state index in [4.69, 9.17) is 14.2 Å². The Bertz CT molecular complexity index is 1020. The quantitative estimate of drug-likeness (QED) is 0.0262. The van der Waals surface area contributed by atoms with Gasteiger partial charge in [-0.15, -0.1) is 0 Å². The van der Waals surface area contributed by atoms with Crippen molar-refractivity contribution in [2.24, 2.45) is 0 Å². The molecule has 0 fully saturated rings. The molecule has 0 aromatic rings. The molecule has 0 aromatic heterocycles. The monoisotopic (exact) mass is 931 g/mol. The van der Waals surface area contributed by atoms with Crippen molar-refractivity contribution >= 4 is 17.9 Å². The van der Waals surface area contributed by atoms with Crippen molar-refractivity contribution in [2.75, 3.05) is 13.2 Å². The van der Waals surface area contributed by atoms with Crippen molar-refractivity contribution in [3.63, 3.8) is 0 Å². The Balaban J connectivity index is 4.23. The molecule has 6 heteroatoms. The first-order valence-corrected chi connectivity index (χ1v) is 29.7. The number of rotatable bonds is 55. The zero-order valence-corrected chi connectivity index (χ0v) is 44.7. The highest BCUT2D eigenvalue weighted by Gasteiger charge is 2.19. The first-order valence-electron chi connectivity index (χ1n) is 29.7. The number of carbonyl (C=O) groups excluding carboxylic acids is 3. The van der Waals surface area contributed by atoms with Gasteiger partial charge in [0, 0.05) is 19.3 Å². The maximum absolute atomic E-state index is 12.8. The van der Waals surface area contributed by atoms with Gasteiger partial charge in [-0.2, -0.15) is 0 Å². The second-order valence-corrected chi connectivity index (χ2v) is 20.3. The minimum absolute atomic E-state index is 0.0652. The van der Waals surface area contributed by atoms with Crippen LogP contribution in [0, 0.1) is 0 Å². The number of hydrogen-bond donors (Lipinski definition) is 0. The van der Waals surface area contributed by atoms with Crippen LogP contribution in [0.4, 0.5) is 0 Å². The van der Waals surface area contributed by atoms with Gasteiger partial charge in [-0.05, 0) is 44.9 Å². The van der Waals surface area contributed by atoms with Crippen LogP contribution in [0.5, 0.6) is 0 Å². The van der Waals surface area contributed by atoms with Crippen LogP contribution in [-0.2, 0) is 28.6 Å². The third-order valence-corrected chi connectivity index (χ3v) is 13.5. The van der Waals surface area contributed by atoms with E-state index in [0.29, 0.717) is 19.3 Å². The van der Waals surface area contributed by atoms with Gasteiger partial charge >= 0.3 is 17.9 Å². The van der Waals surface area contributed by atoms with Crippen LogP contribution in [0.3, 0.4) is 0 Å². The molecule has 0 amide bonds. The van der Waals surface area contributed by atoms with Crippen molar-refractivity contribution in [3.8, 4) is 0 Å². The van der Waals surface area contributed by atoms with E-state index in [0.717, 1.165) is 57.8 Å². The molecule has 0 aromatic carbocycles. The van der Waals surface area contributed by atoms with Crippen LogP contribution in [0.1, 0.15) is 335 Å². The molecule has 0 spiro atoms. The van der Waals surface area contributed by atoms with Crippen LogP contribution in [0.2, 0.25) is 0 Å². The number of carbonyl (C=O) groups is 3. The van der Waals surface area contributed by atoms with Crippen LogP contribution < -0.4 is 0 Å². The fourth-order valence-electron chi connectivity index (χ4n) is 9.03. The summed E-state index contributed by atoms with van der Waals surface area (Å²) in [5.74, 6) is -0.846. The standard InChI is InChI=1S/C60H114O6/c1-4-7-10-13-16-19-22-25-27-28-29-30-31-32-34-36-39-41-44-47-50-53-59(62)65-56-57(66-60(63)54-51-48-45-42-37-24-21-18-15-12-9-6-3)55-64-58(61)52-49-46-43-40-38-35-33-26-23-20-17-14-11-8-5-2/h20,23,57H,4-19,21-22,24-56H2,1-3H3/b23-20-/t57-/m1/s1. The number of ether oxygens (including phenoxy) is 3. The van der Waals surface area contributed by atoms with E-state index in [-0.39, 0.29) is 31.1 Å². The molecule has 0 N–H and O–H groups in total. The molecule has 0 saturated carbocycles. The summed E-state index contributed by atoms with van der Waals surface area (Å²) in [7, 11) is 0. The van der Waals surface area contributed by atoms with Gasteiger partial charge in [0.15, 0.2) is 6.10 Å². The molecular formula is C60H114O6. The Labute approximate surface area is 411 Å². The summed E-state index contributed by atoms with van der Waals surface area (Å²) in [6.07, 6.45) is 63.5. The summed E-state index contributed by atoms with van der Waals surface area (Å²) >= 11 is 0. The van der Waals surface area contributed by atoms with Crippen molar-refractivity contribution in [1.29, 1.82) is 0 Å². The van der Waals surface area contributed by atoms with E-state index >= 15 is 0 Å². The summed E-state index contributed by atoms with van der Waals surface area (Å²) in [4.78, 5) is 38.1. The molecule has 66 heavy (non-hydrogen) atoms. The molecule has 0 aliphatic heterocycles. The molecule has 0 heterocycles. The molecule has 0 unspecified atom stereocenters. The maximum Gasteiger partial charge on any atom is 0.306 e. The second-order valence-electron chi connectivity index (χ2n) is 20.3. The van der Waals surface area contributed by atoms with Gasteiger partial charge in [0.2, 0.25) is 0 Å². The molecule has 1 atom stereocenters. The average Bonchev–Trinajstić information content (AvgIpc) is 3.31. The number of esters is 3. The minimum Gasteiger partial charge on any atom is -0.462 e. The summed E-state index contributed by atoms with van der Waals surface area (Å²) in [5, 5.41) is 0. The topological polar surface area (TPSA) is 78.9 Å². The van der Waals surface area contributed by atoms with Gasteiger partial charge in [0.05, 0.1) is 0 Å². The largest absolute Gasteiger partial charge is 0.462 e. The van der Waals surface area contributed by atoms with E-state index < -0.39 is 6.10 Å². The Morgan fingerprint density at radius 3 is 0.773 bits per heavy atom. The third-order valence-electron chi connectivity index (χ3n) is 13.5. The smallest absolute Gasteiger partial charge is 0.306 e. The number of allylic oxidation sites excluding steroid dienone is 2. The van der Waals surface area contributed by atoms with Gasteiger partial charge in [0.1, 0.15) is 13.2 Å². The lowest BCUT2D eigenvalue weighted by Gasteiger charge is -2.18. The first-order chi connectivity index (χ1) is 32.5. The van der Waals surface area contributed by atoms with Crippen LogP contribution >= 0.6 is 0 Å². The highest BCUT2D eigenvalue weighted by Crippen LogP contribution is 2.17. The molecule has 0 aliphatic rings. The highest BCUT2D eigenvalue weighted by molar-refractivity contribution is 5.71. The predicted molar refractivity (Wildman–Crippen MR) is 284 cm³/mol. The fraction of sp³-hybridized carbons (Fsp3) is 0.917.